The molecule has 2 heterocycles. The van der Waals surface area contributed by atoms with Crippen LogP contribution >= 0.6 is 0 Å². The number of anilines is 1. The summed E-state index contributed by atoms with van der Waals surface area (Å²) in [5, 5.41) is 0. The van der Waals surface area contributed by atoms with Gasteiger partial charge in [0.2, 0.25) is 5.88 Å². The molecule has 1 aliphatic rings. The lowest BCUT2D eigenvalue weighted by Gasteiger charge is -2.08. The molecule has 0 aliphatic heterocycles. The van der Waals surface area contributed by atoms with Gasteiger partial charge >= 0.3 is 0 Å². The van der Waals surface area contributed by atoms with Gasteiger partial charge in [-0.05, 0) is 24.8 Å². The number of rotatable bonds is 2. The Morgan fingerprint density at radius 2 is 2.19 bits per heavy atom. The molecule has 4 heteroatoms. The van der Waals surface area contributed by atoms with Crippen LogP contribution in [0.2, 0.25) is 0 Å². The largest absolute Gasteiger partial charge is 0.481 e. The van der Waals surface area contributed by atoms with Crippen molar-refractivity contribution in [3.05, 3.63) is 23.9 Å². The van der Waals surface area contributed by atoms with Crippen LogP contribution in [0.5, 0.6) is 5.88 Å². The van der Waals surface area contributed by atoms with Gasteiger partial charge in [-0.1, -0.05) is 0 Å². The van der Waals surface area contributed by atoms with Crippen molar-refractivity contribution in [2.45, 2.75) is 18.8 Å². The summed E-state index contributed by atoms with van der Waals surface area (Å²) in [7, 11) is 1.62. The molecule has 0 saturated heterocycles. The maximum atomic E-state index is 5.98. The maximum Gasteiger partial charge on any atom is 0.213 e. The third-order valence-electron chi connectivity index (χ3n) is 2.95. The van der Waals surface area contributed by atoms with Gasteiger partial charge in [-0.2, -0.15) is 0 Å². The van der Waals surface area contributed by atoms with Gasteiger partial charge in [0.15, 0.2) is 0 Å². The predicted molar refractivity (Wildman–Crippen MR) is 62.5 cm³/mol. The van der Waals surface area contributed by atoms with E-state index < -0.39 is 0 Å². The van der Waals surface area contributed by atoms with Crippen LogP contribution in [0.15, 0.2) is 18.3 Å². The second-order valence-electron chi connectivity index (χ2n) is 4.12. The minimum Gasteiger partial charge on any atom is -0.481 e. The van der Waals surface area contributed by atoms with E-state index in [1.165, 1.54) is 12.8 Å². The Hall–Kier alpha value is -1.84. The molecule has 4 nitrogen and oxygen atoms in total. The topological polar surface area (TPSA) is 61.0 Å². The van der Waals surface area contributed by atoms with E-state index in [0.717, 1.165) is 22.3 Å². The van der Waals surface area contributed by atoms with E-state index in [-0.39, 0.29) is 0 Å². The molecule has 0 amide bonds. The first-order chi connectivity index (χ1) is 7.79. The van der Waals surface area contributed by atoms with Crippen LogP contribution in [0, 0.1) is 0 Å². The Morgan fingerprint density at radius 1 is 1.38 bits per heavy atom. The first-order valence-corrected chi connectivity index (χ1v) is 5.38. The number of methoxy groups -OCH3 is 1. The van der Waals surface area contributed by atoms with Crippen LogP contribution in [0.25, 0.3) is 11.0 Å². The second kappa shape index (κ2) is 3.33. The highest BCUT2D eigenvalue weighted by atomic mass is 16.5. The number of nitrogens with zero attached hydrogens (tertiary/aromatic N) is 2. The molecule has 2 N–H and O–H groups in total. The van der Waals surface area contributed by atoms with Crippen molar-refractivity contribution in [3.63, 3.8) is 0 Å². The maximum absolute atomic E-state index is 5.98. The van der Waals surface area contributed by atoms with Crippen LogP contribution in [-0.4, -0.2) is 17.1 Å². The lowest BCUT2D eigenvalue weighted by molar-refractivity contribution is 0.399. The summed E-state index contributed by atoms with van der Waals surface area (Å²) >= 11 is 0. The Balaban J connectivity index is 2.30. The zero-order valence-corrected chi connectivity index (χ0v) is 9.10. The molecule has 0 bridgehead atoms. The molecule has 1 saturated carbocycles. The Bertz CT molecular complexity index is 549. The molecular formula is C12H13N3O. The molecule has 1 fully saturated rings. The first kappa shape index (κ1) is 9.39. The van der Waals surface area contributed by atoms with E-state index in [0.29, 0.717) is 11.8 Å². The van der Waals surface area contributed by atoms with E-state index in [4.69, 9.17) is 10.5 Å². The van der Waals surface area contributed by atoms with Crippen molar-refractivity contribution >= 4 is 16.7 Å². The number of hydrogen-bond donors (Lipinski definition) is 1. The fraction of sp³-hybridized carbons (Fsp3) is 0.333. The Kier molecular flexibility index (Phi) is 1.96. The number of hydrogen-bond acceptors (Lipinski definition) is 4. The van der Waals surface area contributed by atoms with Gasteiger partial charge in [0.25, 0.3) is 0 Å². The predicted octanol–water partition coefficient (Wildman–Crippen LogP) is 2.10. The summed E-state index contributed by atoms with van der Waals surface area (Å²) in [4.78, 5) is 8.73. The fourth-order valence-corrected chi connectivity index (χ4v) is 2.00. The number of nitrogens with two attached hydrogens (primary N) is 1. The normalized spacial score (nSPS) is 15.3. The van der Waals surface area contributed by atoms with Crippen molar-refractivity contribution in [3.8, 4) is 5.88 Å². The number of nitrogen functional groups attached to an aromatic ring is 1. The summed E-state index contributed by atoms with van der Waals surface area (Å²) < 4.78 is 5.14. The summed E-state index contributed by atoms with van der Waals surface area (Å²) in [5.74, 6) is 1.17. The SMILES string of the molecule is COc1ccc2ncc(N)c(C3CC3)c2n1. The van der Waals surface area contributed by atoms with Gasteiger partial charge in [-0.3, -0.25) is 4.98 Å². The highest BCUT2D eigenvalue weighted by Crippen LogP contribution is 2.45. The monoisotopic (exact) mass is 215 g/mol. The van der Waals surface area contributed by atoms with E-state index in [1.54, 1.807) is 13.3 Å². The minimum absolute atomic E-state index is 0.560. The van der Waals surface area contributed by atoms with Crippen LogP contribution in [0.3, 0.4) is 0 Å². The van der Waals surface area contributed by atoms with E-state index in [1.807, 2.05) is 12.1 Å². The number of aromatic nitrogens is 2. The van der Waals surface area contributed by atoms with Gasteiger partial charge in [0.05, 0.1) is 30.0 Å². The summed E-state index contributed by atoms with van der Waals surface area (Å²) in [5.41, 5.74) is 9.64. The van der Waals surface area contributed by atoms with Crippen molar-refractivity contribution in [1.29, 1.82) is 0 Å². The minimum atomic E-state index is 0.560. The second-order valence-corrected chi connectivity index (χ2v) is 4.12. The number of fused-ring (bicyclic) bond motifs is 1. The van der Waals surface area contributed by atoms with E-state index in [2.05, 4.69) is 9.97 Å². The zero-order chi connectivity index (χ0) is 11.1. The molecule has 82 valence electrons. The van der Waals surface area contributed by atoms with Crippen LogP contribution in [0.1, 0.15) is 24.3 Å². The summed E-state index contributed by atoms with van der Waals surface area (Å²) in [6.45, 7) is 0. The lowest BCUT2D eigenvalue weighted by Crippen LogP contribution is -1.98. The molecule has 16 heavy (non-hydrogen) atoms. The summed E-state index contributed by atoms with van der Waals surface area (Å²) in [6, 6.07) is 3.74. The molecule has 2 aromatic heterocycles. The number of ether oxygens (including phenoxy) is 1. The fourth-order valence-electron chi connectivity index (χ4n) is 2.00. The summed E-state index contributed by atoms with van der Waals surface area (Å²) in [6.07, 6.45) is 4.12. The van der Waals surface area contributed by atoms with Crippen molar-refractivity contribution < 1.29 is 4.74 Å². The van der Waals surface area contributed by atoms with E-state index >= 15 is 0 Å². The quantitative estimate of drug-likeness (QED) is 0.833. The van der Waals surface area contributed by atoms with Gasteiger partial charge in [-0.15, -0.1) is 0 Å². The number of pyridine rings is 2. The molecule has 0 spiro atoms. The van der Waals surface area contributed by atoms with Crippen molar-refractivity contribution in [2.75, 3.05) is 12.8 Å². The van der Waals surface area contributed by atoms with Gasteiger partial charge in [0.1, 0.15) is 0 Å². The molecule has 3 rings (SSSR count). The molecular weight excluding hydrogens is 202 g/mol. The van der Waals surface area contributed by atoms with Gasteiger partial charge in [-0.25, -0.2) is 4.98 Å². The third-order valence-corrected chi connectivity index (χ3v) is 2.95. The van der Waals surface area contributed by atoms with Crippen LogP contribution in [-0.2, 0) is 0 Å². The zero-order valence-electron chi connectivity index (χ0n) is 9.10. The molecule has 2 aromatic rings. The molecule has 0 atom stereocenters. The van der Waals surface area contributed by atoms with Crippen LogP contribution < -0.4 is 10.5 Å². The van der Waals surface area contributed by atoms with Crippen molar-refractivity contribution in [1.82, 2.24) is 9.97 Å². The van der Waals surface area contributed by atoms with E-state index in [9.17, 15) is 0 Å². The van der Waals surface area contributed by atoms with Crippen LogP contribution in [0.4, 0.5) is 5.69 Å². The Labute approximate surface area is 93.5 Å². The average Bonchev–Trinajstić information content (AvgIpc) is 3.12. The smallest absolute Gasteiger partial charge is 0.213 e. The average molecular weight is 215 g/mol. The molecule has 0 unspecified atom stereocenters. The standard InChI is InChI=1S/C12H13N3O/c1-16-10-5-4-9-12(15-10)11(7-2-3-7)8(13)6-14-9/h4-7H,2-3,13H2,1H3. The molecule has 1 aliphatic carbocycles. The lowest BCUT2D eigenvalue weighted by atomic mass is 10.1. The first-order valence-electron chi connectivity index (χ1n) is 5.38. The van der Waals surface area contributed by atoms with Crippen molar-refractivity contribution in [2.24, 2.45) is 0 Å². The molecule has 0 radical (unpaired) electrons. The highest BCUT2D eigenvalue weighted by Gasteiger charge is 2.28. The van der Waals surface area contributed by atoms with Gasteiger partial charge in [0, 0.05) is 11.6 Å². The third kappa shape index (κ3) is 1.38. The van der Waals surface area contributed by atoms with Gasteiger partial charge < -0.3 is 10.5 Å². The molecule has 0 aromatic carbocycles. The highest BCUT2D eigenvalue weighted by molar-refractivity contribution is 5.83. The Morgan fingerprint density at radius 3 is 2.88 bits per heavy atom.